The third-order valence-electron chi connectivity index (χ3n) is 4.34. The molecule has 3 aromatic rings. The van der Waals surface area contributed by atoms with Gasteiger partial charge in [0.1, 0.15) is 5.75 Å². The number of ether oxygens (including phenoxy) is 1. The number of hydrogen-bond donors (Lipinski definition) is 1. The second-order valence-corrected chi connectivity index (χ2v) is 7.94. The summed E-state index contributed by atoms with van der Waals surface area (Å²) in [4.78, 5) is 18.6. The van der Waals surface area contributed by atoms with Crippen molar-refractivity contribution in [3.63, 3.8) is 0 Å². The van der Waals surface area contributed by atoms with E-state index in [1.54, 1.807) is 24.5 Å². The zero-order chi connectivity index (χ0) is 20.5. The van der Waals surface area contributed by atoms with E-state index in [-0.39, 0.29) is 5.91 Å². The van der Waals surface area contributed by atoms with Gasteiger partial charge in [0.05, 0.1) is 7.11 Å². The SMILES string of the molecule is COc1ccc(-c2noc(CCCCCNC(=O)/C=C/c3ccc(C)s3)n2)cc1. The van der Waals surface area contributed by atoms with Gasteiger partial charge in [0.2, 0.25) is 17.6 Å². The fourth-order valence-electron chi connectivity index (χ4n) is 2.76. The molecule has 2 aromatic heterocycles. The summed E-state index contributed by atoms with van der Waals surface area (Å²) in [6.07, 6.45) is 7.00. The summed E-state index contributed by atoms with van der Waals surface area (Å²) in [5.41, 5.74) is 0.897. The molecule has 0 radical (unpaired) electrons. The maximum Gasteiger partial charge on any atom is 0.244 e. The first kappa shape index (κ1) is 20.8. The first-order valence-electron chi connectivity index (χ1n) is 9.63. The summed E-state index contributed by atoms with van der Waals surface area (Å²) in [7, 11) is 1.63. The van der Waals surface area contributed by atoms with Crippen LogP contribution in [0.3, 0.4) is 0 Å². The maximum atomic E-state index is 11.8. The lowest BCUT2D eigenvalue weighted by Crippen LogP contribution is -2.21. The lowest BCUT2D eigenvalue weighted by Gasteiger charge is -2.01. The van der Waals surface area contributed by atoms with E-state index >= 15 is 0 Å². The van der Waals surface area contributed by atoms with E-state index in [1.165, 1.54) is 4.88 Å². The molecule has 0 saturated heterocycles. The Morgan fingerprint density at radius 2 is 2.00 bits per heavy atom. The molecule has 0 aliphatic heterocycles. The molecule has 0 unspecified atom stereocenters. The Morgan fingerprint density at radius 3 is 2.72 bits per heavy atom. The minimum absolute atomic E-state index is 0.0583. The number of nitrogens with one attached hydrogen (secondary N) is 1. The molecular formula is C22H25N3O3S. The van der Waals surface area contributed by atoms with Crippen molar-refractivity contribution >= 4 is 23.3 Å². The van der Waals surface area contributed by atoms with E-state index < -0.39 is 0 Å². The average Bonchev–Trinajstić information content (AvgIpc) is 3.38. The van der Waals surface area contributed by atoms with Crippen LogP contribution < -0.4 is 10.1 Å². The van der Waals surface area contributed by atoms with Gasteiger partial charge >= 0.3 is 0 Å². The van der Waals surface area contributed by atoms with Gasteiger partial charge in [0.25, 0.3) is 0 Å². The molecule has 6 nitrogen and oxygen atoms in total. The van der Waals surface area contributed by atoms with Crippen molar-refractivity contribution in [1.29, 1.82) is 0 Å². The van der Waals surface area contributed by atoms with Crippen LogP contribution in [0.15, 0.2) is 47.0 Å². The van der Waals surface area contributed by atoms with E-state index in [0.717, 1.165) is 41.9 Å². The molecule has 0 bridgehead atoms. The van der Waals surface area contributed by atoms with E-state index in [1.807, 2.05) is 42.5 Å². The molecule has 152 valence electrons. The molecule has 29 heavy (non-hydrogen) atoms. The molecule has 1 amide bonds. The zero-order valence-electron chi connectivity index (χ0n) is 16.7. The summed E-state index contributed by atoms with van der Waals surface area (Å²) in [5.74, 6) is 1.95. The van der Waals surface area contributed by atoms with E-state index in [4.69, 9.17) is 9.26 Å². The van der Waals surface area contributed by atoms with Crippen LogP contribution in [-0.4, -0.2) is 29.7 Å². The number of rotatable bonds is 10. The van der Waals surface area contributed by atoms with Gasteiger partial charge in [-0.3, -0.25) is 4.79 Å². The van der Waals surface area contributed by atoms with Crippen LogP contribution in [0.25, 0.3) is 17.5 Å². The van der Waals surface area contributed by atoms with E-state index in [2.05, 4.69) is 22.4 Å². The van der Waals surface area contributed by atoms with Crippen molar-refractivity contribution < 1.29 is 14.1 Å². The van der Waals surface area contributed by atoms with E-state index in [0.29, 0.717) is 18.3 Å². The molecule has 0 fully saturated rings. The van der Waals surface area contributed by atoms with Crippen molar-refractivity contribution in [3.8, 4) is 17.1 Å². The number of amides is 1. The molecule has 0 spiro atoms. The van der Waals surface area contributed by atoms with Crippen molar-refractivity contribution in [1.82, 2.24) is 15.5 Å². The Bertz CT molecular complexity index is 944. The highest BCUT2D eigenvalue weighted by molar-refractivity contribution is 7.12. The van der Waals surface area contributed by atoms with Gasteiger partial charge in [-0.1, -0.05) is 11.6 Å². The van der Waals surface area contributed by atoms with E-state index in [9.17, 15) is 4.79 Å². The van der Waals surface area contributed by atoms with Crippen LogP contribution in [0.4, 0.5) is 0 Å². The lowest BCUT2D eigenvalue weighted by molar-refractivity contribution is -0.116. The van der Waals surface area contributed by atoms with Crippen molar-refractivity contribution in [2.24, 2.45) is 0 Å². The first-order chi connectivity index (χ1) is 14.1. The minimum Gasteiger partial charge on any atom is -0.497 e. The molecule has 1 N–H and O–H groups in total. The number of unbranched alkanes of at least 4 members (excludes halogenated alkanes) is 2. The number of hydrogen-bond acceptors (Lipinski definition) is 6. The predicted octanol–water partition coefficient (Wildman–Crippen LogP) is 4.66. The van der Waals surface area contributed by atoms with Crippen LogP contribution in [0.1, 0.15) is 34.9 Å². The molecular weight excluding hydrogens is 386 g/mol. The highest BCUT2D eigenvalue weighted by Gasteiger charge is 2.08. The summed E-state index contributed by atoms with van der Waals surface area (Å²) in [6.45, 7) is 2.71. The third kappa shape index (κ3) is 6.57. The van der Waals surface area contributed by atoms with Gasteiger partial charge in [-0.05, 0) is 62.2 Å². The van der Waals surface area contributed by atoms with Crippen LogP contribution in [0.2, 0.25) is 0 Å². The number of carbonyl (C=O) groups excluding carboxylic acids is 1. The summed E-state index contributed by atoms with van der Waals surface area (Å²) in [6, 6.07) is 11.6. The zero-order valence-corrected chi connectivity index (χ0v) is 17.5. The van der Waals surface area contributed by atoms with Gasteiger partial charge in [-0.15, -0.1) is 11.3 Å². The van der Waals surface area contributed by atoms with Crippen LogP contribution in [0, 0.1) is 6.92 Å². The molecule has 0 aliphatic carbocycles. The topological polar surface area (TPSA) is 77.3 Å². The van der Waals surface area contributed by atoms with Crippen LogP contribution >= 0.6 is 11.3 Å². The minimum atomic E-state index is -0.0583. The second-order valence-electron chi connectivity index (χ2n) is 6.62. The standard InChI is InChI=1S/C22H25N3O3S/c1-16-7-12-19(29-16)13-14-20(26)23-15-5-3-4-6-21-24-22(25-28-21)17-8-10-18(27-2)11-9-17/h7-14H,3-6,15H2,1-2H3,(H,23,26)/b14-13+. The molecule has 1 aromatic carbocycles. The molecule has 3 rings (SSSR count). The molecule has 0 atom stereocenters. The molecule has 0 aliphatic rings. The fourth-order valence-corrected chi connectivity index (χ4v) is 3.54. The third-order valence-corrected chi connectivity index (χ3v) is 5.31. The summed E-state index contributed by atoms with van der Waals surface area (Å²) in [5, 5.41) is 6.95. The first-order valence-corrected chi connectivity index (χ1v) is 10.4. The van der Waals surface area contributed by atoms with Gasteiger partial charge in [0, 0.05) is 34.4 Å². The number of carbonyl (C=O) groups is 1. The highest BCUT2D eigenvalue weighted by atomic mass is 32.1. The van der Waals surface area contributed by atoms with Gasteiger partial charge in [-0.2, -0.15) is 4.98 Å². The quantitative estimate of drug-likeness (QED) is 0.388. The maximum absolute atomic E-state index is 11.8. The number of thiophene rings is 1. The smallest absolute Gasteiger partial charge is 0.244 e. The van der Waals surface area contributed by atoms with Crippen LogP contribution in [-0.2, 0) is 11.2 Å². The average molecular weight is 412 g/mol. The highest BCUT2D eigenvalue weighted by Crippen LogP contribution is 2.20. The lowest BCUT2D eigenvalue weighted by atomic mass is 10.2. The number of aryl methyl sites for hydroxylation is 2. The van der Waals surface area contributed by atoms with Gasteiger partial charge < -0.3 is 14.6 Å². The Labute approximate surface area is 174 Å². The Morgan fingerprint density at radius 1 is 1.17 bits per heavy atom. The Balaban J connectivity index is 1.32. The molecule has 7 heteroatoms. The number of aromatic nitrogens is 2. The van der Waals surface area contributed by atoms with Crippen molar-refractivity contribution in [3.05, 3.63) is 58.1 Å². The van der Waals surface area contributed by atoms with Crippen LogP contribution in [0.5, 0.6) is 5.75 Å². The normalized spacial score (nSPS) is 11.1. The Hall–Kier alpha value is -2.93. The summed E-state index contributed by atoms with van der Waals surface area (Å²) >= 11 is 1.67. The number of benzene rings is 1. The number of nitrogens with zero attached hydrogens (tertiary/aromatic N) is 2. The Kier molecular flexibility index (Phi) is 7.58. The number of methoxy groups -OCH3 is 1. The van der Waals surface area contributed by atoms with Crippen molar-refractivity contribution in [2.45, 2.75) is 32.6 Å². The van der Waals surface area contributed by atoms with Gasteiger partial charge in [0.15, 0.2) is 0 Å². The summed E-state index contributed by atoms with van der Waals surface area (Å²) < 4.78 is 10.5. The van der Waals surface area contributed by atoms with Crippen molar-refractivity contribution in [2.75, 3.05) is 13.7 Å². The van der Waals surface area contributed by atoms with Gasteiger partial charge in [-0.25, -0.2) is 0 Å². The predicted molar refractivity (Wildman–Crippen MR) is 115 cm³/mol. The molecule has 0 saturated carbocycles. The largest absolute Gasteiger partial charge is 0.497 e. The second kappa shape index (κ2) is 10.6. The molecule has 2 heterocycles. The fraction of sp³-hybridized carbons (Fsp3) is 0.318. The monoisotopic (exact) mass is 411 g/mol.